The molecule has 0 fully saturated rings. The smallest absolute Gasteiger partial charge is 0.294 e. The highest BCUT2D eigenvalue weighted by Crippen LogP contribution is 2.33. The van der Waals surface area contributed by atoms with Crippen LogP contribution >= 0.6 is 15.9 Å². The van der Waals surface area contributed by atoms with E-state index >= 15 is 0 Å². The van der Waals surface area contributed by atoms with Gasteiger partial charge in [-0.15, -0.1) is 0 Å². The molecule has 0 spiro atoms. The molecule has 1 atom stereocenters. The zero-order valence-electron chi connectivity index (χ0n) is 17.1. The second-order valence-corrected chi connectivity index (χ2v) is 8.46. The topological polar surface area (TPSA) is 53.3 Å². The van der Waals surface area contributed by atoms with Gasteiger partial charge in [0.15, 0.2) is 6.20 Å². The summed E-state index contributed by atoms with van der Waals surface area (Å²) in [7, 11) is 0. The summed E-state index contributed by atoms with van der Waals surface area (Å²) in [5, 5.41) is 3.08. The third-order valence-electron chi connectivity index (χ3n) is 5.50. The van der Waals surface area contributed by atoms with Crippen LogP contribution in [-0.2, 0) is 16.1 Å². The Hall–Kier alpha value is -2.99. The average Bonchev–Trinajstić information content (AvgIpc) is 2.72. The van der Waals surface area contributed by atoms with Gasteiger partial charge < -0.3 is 5.32 Å². The Morgan fingerprint density at radius 3 is 2.47 bits per heavy atom. The summed E-state index contributed by atoms with van der Waals surface area (Å²) in [6, 6.07) is 16.5. The highest BCUT2D eigenvalue weighted by molar-refractivity contribution is 9.10. The van der Waals surface area contributed by atoms with Crippen LogP contribution in [0.5, 0.6) is 0 Å². The Morgan fingerprint density at radius 2 is 1.77 bits per heavy atom. The molecule has 1 N–H and O–H groups in total. The first-order valence-corrected chi connectivity index (χ1v) is 10.6. The van der Waals surface area contributed by atoms with E-state index in [0.717, 1.165) is 32.5 Å². The number of carbonyl (C=O) groups is 2. The minimum absolute atomic E-state index is 0.129. The lowest BCUT2D eigenvalue weighted by Gasteiger charge is -2.32. The summed E-state index contributed by atoms with van der Waals surface area (Å²) in [5.74, 6) is -0.367. The Balaban J connectivity index is 1.81. The van der Waals surface area contributed by atoms with Crippen LogP contribution in [0.25, 0.3) is 0 Å². The molecule has 5 nitrogen and oxygen atoms in total. The van der Waals surface area contributed by atoms with Gasteiger partial charge in [-0.25, -0.2) is 0 Å². The lowest BCUT2D eigenvalue weighted by atomic mass is 10.0. The molecule has 1 aromatic heterocycles. The maximum Gasteiger partial charge on any atom is 0.294 e. The molecule has 0 radical (unpaired) electrons. The van der Waals surface area contributed by atoms with Crippen LogP contribution in [0.1, 0.15) is 28.4 Å². The quantitative estimate of drug-likeness (QED) is 0.584. The average molecular weight is 465 g/mol. The molecule has 6 heteroatoms. The number of para-hydroxylation sites is 1. The fourth-order valence-electron chi connectivity index (χ4n) is 3.86. The van der Waals surface area contributed by atoms with E-state index in [-0.39, 0.29) is 18.4 Å². The van der Waals surface area contributed by atoms with Gasteiger partial charge in [0.25, 0.3) is 11.8 Å². The van der Waals surface area contributed by atoms with Crippen LogP contribution in [0.15, 0.2) is 65.3 Å². The van der Waals surface area contributed by atoms with Crippen LogP contribution in [0.3, 0.4) is 0 Å². The van der Waals surface area contributed by atoms with Crippen molar-refractivity contribution in [1.29, 1.82) is 0 Å². The molecule has 1 aliphatic rings. The van der Waals surface area contributed by atoms with Crippen molar-refractivity contribution in [2.24, 2.45) is 0 Å². The number of carbonyl (C=O) groups excluding carboxylic acids is 2. The zero-order chi connectivity index (χ0) is 21.4. The van der Waals surface area contributed by atoms with E-state index in [1.54, 1.807) is 4.90 Å². The Morgan fingerprint density at radius 1 is 1.03 bits per heavy atom. The van der Waals surface area contributed by atoms with Gasteiger partial charge in [-0.3, -0.25) is 14.5 Å². The standard InChI is InChI=1S/C24H22BrN3O2/c1-15-10-11-18(13-19(15)25)28-21(29)14-27-12-5-4-9-20(27)23(28)24(30)26-22-16(2)7-6-8-17(22)3/h4-13,23H,14H2,1-3H3/p+1. The largest absolute Gasteiger partial charge is 0.323 e. The van der Waals surface area contributed by atoms with Crippen molar-refractivity contribution in [2.45, 2.75) is 33.4 Å². The number of hydrogen-bond donors (Lipinski definition) is 1. The summed E-state index contributed by atoms with van der Waals surface area (Å²) in [6.45, 7) is 6.11. The van der Waals surface area contributed by atoms with Gasteiger partial charge in [-0.1, -0.05) is 46.3 Å². The number of rotatable bonds is 3. The number of aromatic nitrogens is 1. The van der Waals surface area contributed by atoms with E-state index in [9.17, 15) is 9.59 Å². The Labute approximate surface area is 184 Å². The van der Waals surface area contributed by atoms with Crippen molar-refractivity contribution in [2.75, 3.05) is 10.2 Å². The summed E-state index contributed by atoms with van der Waals surface area (Å²) < 4.78 is 2.74. The van der Waals surface area contributed by atoms with Gasteiger partial charge in [-0.05, 0) is 49.6 Å². The van der Waals surface area contributed by atoms with E-state index in [4.69, 9.17) is 0 Å². The zero-order valence-corrected chi connectivity index (χ0v) is 18.7. The second-order valence-electron chi connectivity index (χ2n) is 7.61. The maximum atomic E-state index is 13.6. The van der Waals surface area contributed by atoms with Crippen molar-refractivity contribution in [3.8, 4) is 0 Å². The lowest BCUT2D eigenvalue weighted by molar-refractivity contribution is -0.695. The Kier molecular flexibility index (Phi) is 5.43. The highest BCUT2D eigenvalue weighted by atomic mass is 79.9. The van der Waals surface area contributed by atoms with Crippen molar-refractivity contribution < 1.29 is 14.2 Å². The summed E-state index contributed by atoms with van der Waals surface area (Å²) in [5.41, 5.74) is 5.28. The molecule has 0 aliphatic carbocycles. The molecule has 2 aromatic carbocycles. The molecule has 4 rings (SSSR count). The first kappa shape index (κ1) is 20.3. The molecular weight excluding hydrogens is 442 g/mol. The summed E-state index contributed by atoms with van der Waals surface area (Å²) in [4.78, 5) is 28.4. The minimum atomic E-state index is -0.777. The van der Waals surface area contributed by atoms with E-state index in [0.29, 0.717) is 5.69 Å². The fraction of sp³-hybridized carbons (Fsp3) is 0.208. The fourth-order valence-corrected chi connectivity index (χ4v) is 4.23. The molecule has 30 heavy (non-hydrogen) atoms. The van der Waals surface area contributed by atoms with Crippen molar-refractivity contribution in [1.82, 2.24) is 0 Å². The number of aryl methyl sites for hydroxylation is 3. The molecular formula is C24H23BrN3O2+. The molecule has 0 saturated heterocycles. The van der Waals surface area contributed by atoms with Crippen LogP contribution in [-0.4, -0.2) is 11.8 Å². The normalized spacial score (nSPS) is 15.7. The lowest BCUT2D eigenvalue weighted by Crippen LogP contribution is -2.58. The molecule has 0 bridgehead atoms. The highest BCUT2D eigenvalue weighted by Gasteiger charge is 2.43. The molecule has 2 amide bonds. The number of halogens is 1. The monoisotopic (exact) mass is 464 g/mol. The summed E-state index contributed by atoms with van der Waals surface area (Å²) in [6.07, 6.45) is 1.84. The molecule has 2 heterocycles. The van der Waals surface area contributed by atoms with Gasteiger partial charge in [0.05, 0.1) is 0 Å². The van der Waals surface area contributed by atoms with Crippen molar-refractivity contribution in [3.63, 3.8) is 0 Å². The van der Waals surface area contributed by atoms with Gasteiger partial charge in [0.1, 0.15) is 0 Å². The minimum Gasteiger partial charge on any atom is -0.323 e. The predicted octanol–water partition coefficient (Wildman–Crippen LogP) is 4.39. The van der Waals surface area contributed by atoms with Gasteiger partial charge in [0.2, 0.25) is 18.3 Å². The number of anilines is 2. The molecule has 0 saturated carbocycles. The van der Waals surface area contributed by atoms with Crippen molar-refractivity contribution in [3.05, 3.63) is 87.7 Å². The van der Waals surface area contributed by atoms with Crippen LogP contribution in [0.4, 0.5) is 11.4 Å². The molecule has 1 aliphatic heterocycles. The van der Waals surface area contributed by atoms with E-state index in [1.807, 2.05) is 86.1 Å². The van der Waals surface area contributed by atoms with Gasteiger partial charge in [-0.2, -0.15) is 4.57 Å². The van der Waals surface area contributed by atoms with E-state index in [1.165, 1.54) is 0 Å². The number of pyridine rings is 1. The molecule has 152 valence electrons. The summed E-state index contributed by atoms with van der Waals surface area (Å²) >= 11 is 3.55. The predicted molar refractivity (Wildman–Crippen MR) is 120 cm³/mol. The van der Waals surface area contributed by atoms with Crippen LogP contribution in [0.2, 0.25) is 0 Å². The molecule has 3 aromatic rings. The van der Waals surface area contributed by atoms with Gasteiger partial charge in [0, 0.05) is 28.0 Å². The number of nitrogens with zero attached hydrogens (tertiary/aromatic N) is 2. The second kappa shape index (κ2) is 8.03. The van der Waals surface area contributed by atoms with Crippen LogP contribution in [0, 0.1) is 20.8 Å². The van der Waals surface area contributed by atoms with Gasteiger partial charge >= 0.3 is 0 Å². The number of benzene rings is 2. The first-order valence-electron chi connectivity index (χ1n) is 9.80. The number of hydrogen-bond acceptors (Lipinski definition) is 2. The third kappa shape index (κ3) is 3.63. The first-order chi connectivity index (χ1) is 14.4. The van der Waals surface area contributed by atoms with Crippen LogP contribution < -0.4 is 14.8 Å². The number of amides is 2. The number of fused-ring (bicyclic) bond motifs is 1. The number of nitrogens with one attached hydrogen (secondary N) is 1. The van der Waals surface area contributed by atoms with E-state index in [2.05, 4.69) is 21.2 Å². The van der Waals surface area contributed by atoms with E-state index < -0.39 is 6.04 Å². The van der Waals surface area contributed by atoms with Crippen molar-refractivity contribution >= 4 is 39.1 Å². The Bertz CT molecular complexity index is 1140. The third-order valence-corrected chi connectivity index (χ3v) is 6.35. The maximum absolute atomic E-state index is 13.6. The SMILES string of the molecule is Cc1ccc(N2C(=O)C[n+]3ccccc3C2C(=O)Nc2c(C)cccc2C)cc1Br. The molecule has 1 unspecified atom stereocenters.